The Morgan fingerprint density at radius 1 is 1.11 bits per heavy atom. The minimum absolute atomic E-state index is 0.129. The second-order valence-corrected chi connectivity index (χ2v) is 6.86. The number of carbonyl (C=O) groups excluding carboxylic acids is 1. The minimum atomic E-state index is -0.129. The van der Waals surface area contributed by atoms with Crippen molar-refractivity contribution in [1.82, 2.24) is 4.98 Å². The number of aromatic nitrogens is 1. The number of rotatable bonds is 7. The number of ether oxygens (including phenoxy) is 1. The van der Waals surface area contributed by atoms with Crippen LogP contribution in [0, 0.1) is 13.8 Å². The van der Waals surface area contributed by atoms with Crippen LogP contribution < -0.4 is 15.4 Å². The molecule has 1 heterocycles. The van der Waals surface area contributed by atoms with Gasteiger partial charge < -0.3 is 15.4 Å². The van der Waals surface area contributed by atoms with Crippen LogP contribution in [0.15, 0.2) is 60.8 Å². The number of para-hydroxylation sites is 1. The minimum Gasteiger partial charge on any atom is -0.493 e. The number of nitrogens with one attached hydrogen (secondary N) is 2. The summed E-state index contributed by atoms with van der Waals surface area (Å²) in [5.74, 6) is 1.27. The average molecular weight is 396 g/mol. The van der Waals surface area contributed by atoms with E-state index in [2.05, 4.69) is 21.7 Å². The van der Waals surface area contributed by atoms with Crippen molar-refractivity contribution in [3.8, 4) is 5.75 Å². The Bertz CT molecular complexity index is 921. The van der Waals surface area contributed by atoms with Gasteiger partial charge in [0.2, 0.25) is 5.91 Å². The van der Waals surface area contributed by atoms with Gasteiger partial charge in [-0.15, -0.1) is 0 Å². The van der Waals surface area contributed by atoms with Crippen LogP contribution in [0.4, 0.5) is 17.2 Å². The molecule has 0 spiro atoms. The number of aryl methyl sites for hydroxylation is 2. The Balaban J connectivity index is 1.52. The number of amides is 1. The summed E-state index contributed by atoms with van der Waals surface area (Å²) >= 11 is 6.32. The van der Waals surface area contributed by atoms with E-state index in [9.17, 15) is 4.79 Å². The van der Waals surface area contributed by atoms with Crippen LogP contribution >= 0.6 is 11.6 Å². The summed E-state index contributed by atoms with van der Waals surface area (Å²) in [5.41, 5.74) is 3.61. The molecule has 0 atom stereocenters. The Labute approximate surface area is 169 Å². The first-order chi connectivity index (χ1) is 13.5. The maximum Gasteiger partial charge on any atom is 0.227 e. The fourth-order valence-corrected chi connectivity index (χ4v) is 3.11. The number of hydrogen-bond acceptors (Lipinski definition) is 4. The lowest BCUT2D eigenvalue weighted by atomic mass is 10.1. The van der Waals surface area contributed by atoms with Crippen molar-refractivity contribution in [2.24, 2.45) is 0 Å². The van der Waals surface area contributed by atoms with E-state index in [1.165, 1.54) is 0 Å². The molecule has 0 aliphatic heterocycles. The van der Waals surface area contributed by atoms with Crippen LogP contribution in [-0.2, 0) is 4.79 Å². The van der Waals surface area contributed by atoms with Gasteiger partial charge in [0.15, 0.2) is 0 Å². The summed E-state index contributed by atoms with van der Waals surface area (Å²) in [6, 6.07) is 17.0. The van der Waals surface area contributed by atoms with E-state index in [-0.39, 0.29) is 12.3 Å². The molecular weight excluding hydrogens is 374 g/mol. The Morgan fingerprint density at radius 2 is 1.89 bits per heavy atom. The van der Waals surface area contributed by atoms with Crippen LogP contribution in [-0.4, -0.2) is 17.5 Å². The van der Waals surface area contributed by atoms with Crippen molar-refractivity contribution in [2.75, 3.05) is 17.2 Å². The van der Waals surface area contributed by atoms with Crippen molar-refractivity contribution in [1.29, 1.82) is 0 Å². The number of pyridine rings is 1. The number of anilines is 3. The van der Waals surface area contributed by atoms with Crippen LogP contribution in [0.1, 0.15) is 17.5 Å². The van der Waals surface area contributed by atoms with Gasteiger partial charge in [-0.2, -0.15) is 0 Å². The second kappa shape index (κ2) is 9.24. The summed E-state index contributed by atoms with van der Waals surface area (Å²) in [6.45, 7) is 4.31. The van der Waals surface area contributed by atoms with E-state index in [0.29, 0.717) is 23.1 Å². The van der Waals surface area contributed by atoms with Crippen molar-refractivity contribution in [3.63, 3.8) is 0 Å². The van der Waals surface area contributed by atoms with Gasteiger partial charge in [-0.25, -0.2) is 4.98 Å². The predicted molar refractivity (Wildman–Crippen MR) is 114 cm³/mol. The van der Waals surface area contributed by atoms with Gasteiger partial charge in [-0.3, -0.25) is 4.79 Å². The van der Waals surface area contributed by atoms with Crippen LogP contribution in [0.25, 0.3) is 0 Å². The number of nitrogens with zero attached hydrogens (tertiary/aromatic N) is 1. The molecule has 0 bridgehead atoms. The van der Waals surface area contributed by atoms with E-state index in [1.807, 2.05) is 50.2 Å². The van der Waals surface area contributed by atoms with Gasteiger partial charge >= 0.3 is 0 Å². The van der Waals surface area contributed by atoms with Crippen LogP contribution in [0.3, 0.4) is 0 Å². The van der Waals surface area contributed by atoms with Gasteiger partial charge in [0.1, 0.15) is 11.6 Å². The van der Waals surface area contributed by atoms with Crippen molar-refractivity contribution in [3.05, 3.63) is 76.9 Å². The van der Waals surface area contributed by atoms with Crippen molar-refractivity contribution >= 4 is 34.7 Å². The summed E-state index contributed by atoms with van der Waals surface area (Å²) in [4.78, 5) is 16.4. The molecule has 0 radical (unpaired) electrons. The van der Waals surface area contributed by atoms with Crippen LogP contribution in [0.2, 0.25) is 5.02 Å². The molecule has 2 N–H and O–H groups in total. The molecule has 0 aliphatic rings. The number of hydrogen-bond donors (Lipinski definition) is 2. The first kappa shape index (κ1) is 19.7. The summed E-state index contributed by atoms with van der Waals surface area (Å²) < 4.78 is 5.53. The largest absolute Gasteiger partial charge is 0.493 e. The van der Waals surface area contributed by atoms with Crippen molar-refractivity contribution in [2.45, 2.75) is 20.3 Å². The highest BCUT2D eigenvalue weighted by Gasteiger charge is 2.08. The molecule has 144 valence electrons. The van der Waals surface area contributed by atoms with E-state index in [1.54, 1.807) is 18.3 Å². The van der Waals surface area contributed by atoms with E-state index >= 15 is 0 Å². The average Bonchev–Trinajstić information content (AvgIpc) is 2.67. The molecule has 28 heavy (non-hydrogen) atoms. The lowest BCUT2D eigenvalue weighted by molar-refractivity contribution is -0.116. The second-order valence-electron chi connectivity index (χ2n) is 6.46. The van der Waals surface area contributed by atoms with Gasteiger partial charge in [0.25, 0.3) is 0 Å². The highest BCUT2D eigenvalue weighted by atomic mass is 35.5. The SMILES string of the molecule is Cc1cc(C)c(Nc2ccc(NC(=O)CCOc3ccccc3)cn2)c(Cl)c1. The molecule has 0 saturated carbocycles. The molecule has 0 unspecified atom stereocenters. The number of benzene rings is 2. The van der Waals surface area contributed by atoms with Crippen LogP contribution in [0.5, 0.6) is 5.75 Å². The highest BCUT2D eigenvalue weighted by Crippen LogP contribution is 2.29. The zero-order valence-electron chi connectivity index (χ0n) is 15.8. The molecular formula is C22H22ClN3O2. The molecule has 0 saturated heterocycles. The zero-order valence-corrected chi connectivity index (χ0v) is 16.6. The molecule has 1 amide bonds. The topological polar surface area (TPSA) is 63.2 Å². The normalized spacial score (nSPS) is 10.4. The standard InChI is InChI=1S/C22H22ClN3O2/c1-15-12-16(2)22(19(23)13-15)26-20-9-8-17(14-24-20)25-21(27)10-11-28-18-6-4-3-5-7-18/h3-9,12-14H,10-11H2,1-2H3,(H,24,26)(H,25,27). The number of carbonyl (C=O) groups is 1. The maximum atomic E-state index is 12.0. The molecule has 0 aliphatic carbocycles. The maximum absolute atomic E-state index is 12.0. The van der Waals surface area contributed by atoms with Gasteiger partial charge in [-0.1, -0.05) is 35.9 Å². The number of halogens is 1. The Morgan fingerprint density at radius 3 is 2.57 bits per heavy atom. The fourth-order valence-electron chi connectivity index (χ4n) is 2.75. The monoisotopic (exact) mass is 395 g/mol. The quantitative estimate of drug-likeness (QED) is 0.554. The lowest BCUT2D eigenvalue weighted by Gasteiger charge is -2.12. The summed E-state index contributed by atoms with van der Waals surface area (Å²) in [5, 5.41) is 6.69. The highest BCUT2D eigenvalue weighted by molar-refractivity contribution is 6.33. The van der Waals surface area contributed by atoms with Gasteiger partial charge in [0, 0.05) is 0 Å². The molecule has 5 nitrogen and oxygen atoms in total. The van der Waals surface area contributed by atoms with Gasteiger partial charge in [-0.05, 0) is 55.3 Å². The molecule has 2 aromatic carbocycles. The molecule has 1 aromatic heterocycles. The van der Waals surface area contributed by atoms with E-state index in [0.717, 1.165) is 22.6 Å². The first-order valence-corrected chi connectivity index (χ1v) is 9.36. The molecule has 0 fully saturated rings. The zero-order chi connectivity index (χ0) is 19.9. The first-order valence-electron chi connectivity index (χ1n) is 8.99. The summed E-state index contributed by atoms with van der Waals surface area (Å²) in [7, 11) is 0. The van der Waals surface area contributed by atoms with Crippen molar-refractivity contribution < 1.29 is 9.53 Å². The van der Waals surface area contributed by atoms with Gasteiger partial charge in [0.05, 0.1) is 35.6 Å². The van der Waals surface area contributed by atoms with E-state index < -0.39 is 0 Å². The Kier molecular flexibility index (Phi) is 6.50. The lowest BCUT2D eigenvalue weighted by Crippen LogP contribution is -2.15. The molecule has 6 heteroatoms. The fraction of sp³-hybridized carbons (Fsp3) is 0.182. The smallest absolute Gasteiger partial charge is 0.227 e. The third-order valence-electron chi connectivity index (χ3n) is 4.07. The third-order valence-corrected chi connectivity index (χ3v) is 4.37. The van der Waals surface area contributed by atoms with E-state index in [4.69, 9.17) is 16.3 Å². The molecule has 3 rings (SSSR count). The Hall–Kier alpha value is -3.05. The third kappa shape index (κ3) is 5.47. The predicted octanol–water partition coefficient (Wildman–Crippen LogP) is 5.50. The molecule has 3 aromatic rings. The summed E-state index contributed by atoms with van der Waals surface area (Å²) in [6.07, 6.45) is 1.86.